The number of aliphatic carboxylic acids is 1. The van der Waals surface area contributed by atoms with Crippen LogP contribution in [-0.4, -0.2) is 73.1 Å². The maximum absolute atomic E-state index is 12.1. The third-order valence-corrected chi connectivity index (χ3v) is 4.61. The Kier molecular flexibility index (Phi) is 10.6. The van der Waals surface area contributed by atoms with Crippen molar-refractivity contribution in [3.8, 4) is 0 Å². The number of carboxylic acid groups (broad SMARTS) is 1. The van der Waals surface area contributed by atoms with Crippen LogP contribution >= 0.6 is 0 Å². The number of hydrogen-bond donors (Lipinski definition) is 3. The quantitative estimate of drug-likeness (QED) is 0.588. The zero-order valence-corrected chi connectivity index (χ0v) is 18.0. The second kappa shape index (κ2) is 12.1. The van der Waals surface area contributed by atoms with E-state index in [9.17, 15) is 19.5 Å². The highest BCUT2D eigenvalue weighted by atomic mass is 16.5. The van der Waals surface area contributed by atoms with Gasteiger partial charge in [0.15, 0.2) is 0 Å². The van der Waals surface area contributed by atoms with Gasteiger partial charge in [0.2, 0.25) is 11.8 Å². The fraction of sp³-hybridized carbons (Fsp3) is 0.850. The van der Waals surface area contributed by atoms with E-state index in [1.165, 1.54) is 0 Å². The van der Waals surface area contributed by atoms with Gasteiger partial charge in [-0.3, -0.25) is 9.59 Å². The van der Waals surface area contributed by atoms with E-state index in [2.05, 4.69) is 10.6 Å². The van der Waals surface area contributed by atoms with Crippen LogP contribution in [0.5, 0.6) is 0 Å². The largest absolute Gasteiger partial charge is 0.480 e. The predicted octanol–water partition coefficient (Wildman–Crippen LogP) is 1.24. The van der Waals surface area contributed by atoms with Crippen molar-refractivity contribution in [3.05, 3.63) is 0 Å². The number of carbonyl (C=O) groups is 3. The van der Waals surface area contributed by atoms with Crippen molar-refractivity contribution < 1.29 is 33.7 Å². The van der Waals surface area contributed by atoms with Gasteiger partial charge in [-0.15, -0.1) is 0 Å². The van der Waals surface area contributed by atoms with E-state index in [1.54, 1.807) is 0 Å². The number of carboxylic acids is 1. The smallest absolute Gasteiger partial charge is 0.326 e. The summed E-state index contributed by atoms with van der Waals surface area (Å²) in [6, 6.07) is -0.977. The summed E-state index contributed by atoms with van der Waals surface area (Å²) in [5.74, 6) is -1.68. The van der Waals surface area contributed by atoms with Crippen molar-refractivity contribution >= 4 is 17.8 Å². The second-order valence-corrected chi connectivity index (χ2v) is 8.50. The van der Waals surface area contributed by atoms with Gasteiger partial charge in [-0.05, 0) is 53.4 Å². The van der Waals surface area contributed by atoms with E-state index < -0.39 is 29.1 Å². The molecule has 0 bridgehead atoms. The van der Waals surface area contributed by atoms with Crippen molar-refractivity contribution in [1.29, 1.82) is 0 Å². The lowest BCUT2D eigenvalue weighted by Gasteiger charge is -2.29. The zero-order valence-electron chi connectivity index (χ0n) is 18.0. The van der Waals surface area contributed by atoms with Gasteiger partial charge in [0, 0.05) is 6.54 Å². The SMILES string of the molecule is CC1(C)CCOC(C)(C)CC(=O)NCCCC[C@@H](C(=O)O)NC(=O)COCCO1. The molecule has 1 rings (SSSR count). The Labute approximate surface area is 172 Å². The first kappa shape index (κ1) is 25.3. The lowest BCUT2D eigenvalue weighted by molar-refractivity contribution is -0.143. The van der Waals surface area contributed by atoms with E-state index in [4.69, 9.17) is 14.2 Å². The van der Waals surface area contributed by atoms with Crippen LogP contribution in [0.25, 0.3) is 0 Å². The molecule has 0 radical (unpaired) electrons. The average molecular weight is 417 g/mol. The van der Waals surface area contributed by atoms with Gasteiger partial charge >= 0.3 is 5.97 Å². The molecule has 1 heterocycles. The molecule has 1 saturated heterocycles. The molecule has 0 unspecified atom stereocenters. The number of carbonyl (C=O) groups excluding carboxylic acids is 2. The molecule has 1 aliphatic rings. The normalized spacial score (nSPS) is 26.0. The fourth-order valence-corrected chi connectivity index (χ4v) is 2.88. The molecule has 9 heteroatoms. The van der Waals surface area contributed by atoms with Crippen LogP contribution in [-0.2, 0) is 28.6 Å². The zero-order chi connectivity index (χ0) is 21.9. The molecule has 3 N–H and O–H groups in total. The van der Waals surface area contributed by atoms with E-state index in [0.717, 1.165) is 0 Å². The average Bonchev–Trinajstić information content (AvgIpc) is 2.58. The minimum absolute atomic E-state index is 0.111. The monoisotopic (exact) mass is 416 g/mol. The van der Waals surface area contributed by atoms with Gasteiger partial charge < -0.3 is 30.0 Å². The third kappa shape index (κ3) is 11.8. The lowest BCUT2D eigenvalue weighted by Crippen LogP contribution is -2.42. The molecule has 0 aliphatic carbocycles. The Balaban J connectivity index is 2.66. The molecule has 0 aromatic heterocycles. The van der Waals surface area contributed by atoms with Crippen molar-refractivity contribution in [2.24, 2.45) is 0 Å². The Hall–Kier alpha value is -1.71. The second-order valence-electron chi connectivity index (χ2n) is 8.50. The van der Waals surface area contributed by atoms with E-state index in [1.807, 2.05) is 27.7 Å². The van der Waals surface area contributed by atoms with Crippen LogP contribution in [0.3, 0.4) is 0 Å². The Bertz CT molecular complexity index is 549. The Morgan fingerprint density at radius 1 is 1.00 bits per heavy atom. The molecular formula is C20H36N2O7. The number of rotatable bonds is 1. The van der Waals surface area contributed by atoms with Crippen molar-refractivity contribution in [1.82, 2.24) is 10.6 Å². The highest BCUT2D eigenvalue weighted by molar-refractivity contribution is 5.84. The third-order valence-electron chi connectivity index (χ3n) is 4.61. The summed E-state index contributed by atoms with van der Waals surface area (Å²) in [5.41, 5.74) is -1.04. The molecule has 168 valence electrons. The first-order chi connectivity index (χ1) is 13.5. The van der Waals surface area contributed by atoms with Gasteiger partial charge in [-0.25, -0.2) is 4.79 Å². The van der Waals surface area contributed by atoms with Gasteiger partial charge in [0.25, 0.3) is 0 Å². The van der Waals surface area contributed by atoms with Crippen LogP contribution < -0.4 is 10.6 Å². The van der Waals surface area contributed by atoms with Gasteiger partial charge in [0.1, 0.15) is 12.6 Å². The minimum atomic E-state index is -1.09. The summed E-state index contributed by atoms with van der Waals surface area (Å²) in [7, 11) is 0. The summed E-state index contributed by atoms with van der Waals surface area (Å²) >= 11 is 0. The van der Waals surface area contributed by atoms with Crippen molar-refractivity contribution in [2.75, 3.05) is 33.0 Å². The van der Waals surface area contributed by atoms with E-state index in [-0.39, 0.29) is 32.0 Å². The topological polar surface area (TPSA) is 123 Å². The predicted molar refractivity (Wildman–Crippen MR) is 107 cm³/mol. The first-order valence-corrected chi connectivity index (χ1v) is 10.2. The summed E-state index contributed by atoms with van der Waals surface area (Å²) in [5, 5.41) is 14.6. The van der Waals surface area contributed by atoms with Crippen LogP contribution in [0.15, 0.2) is 0 Å². The fourth-order valence-electron chi connectivity index (χ4n) is 2.88. The molecule has 1 atom stereocenters. The van der Waals surface area contributed by atoms with Crippen LogP contribution in [0.4, 0.5) is 0 Å². The highest BCUT2D eigenvalue weighted by Crippen LogP contribution is 2.19. The van der Waals surface area contributed by atoms with Crippen LogP contribution in [0.2, 0.25) is 0 Å². The standard InChI is InChI=1S/C20H36N2O7/c1-19(2)8-10-28-20(3,4)13-16(23)21-9-6-5-7-15(18(25)26)22-17(24)14-27-11-12-29-19/h15H,5-14H2,1-4H3,(H,21,23)(H,22,24)(H,25,26)/t15-/m0/s1. The summed E-state index contributed by atoms with van der Waals surface area (Å²) < 4.78 is 17.0. The number of amides is 2. The molecule has 0 saturated carbocycles. The summed E-state index contributed by atoms with van der Waals surface area (Å²) in [4.78, 5) is 35.4. The number of hydrogen-bond acceptors (Lipinski definition) is 6. The molecule has 2 amide bonds. The molecule has 1 aliphatic heterocycles. The molecule has 0 aromatic carbocycles. The molecule has 1 fully saturated rings. The van der Waals surface area contributed by atoms with E-state index in [0.29, 0.717) is 39.0 Å². The van der Waals surface area contributed by atoms with Gasteiger partial charge in [-0.1, -0.05) is 0 Å². The molecule has 0 aromatic rings. The number of nitrogens with one attached hydrogen (secondary N) is 2. The Morgan fingerprint density at radius 2 is 1.69 bits per heavy atom. The lowest BCUT2D eigenvalue weighted by atomic mass is 10.0. The molecule has 0 spiro atoms. The molecule has 9 nitrogen and oxygen atoms in total. The summed E-state index contributed by atoms with van der Waals surface area (Å²) in [6.45, 7) is 8.82. The Morgan fingerprint density at radius 3 is 2.38 bits per heavy atom. The van der Waals surface area contributed by atoms with Gasteiger partial charge in [-0.2, -0.15) is 0 Å². The highest BCUT2D eigenvalue weighted by Gasteiger charge is 2.25. The van der Waals surface area contributed by atoms with E-state index >= 15 is 0 Å². The van der Waals surface area contributed by atoms with Crippen molar-refractivity contribution in [3.63, 3.8) is 0 Å². The maximum atomic E-state index is 12.1. The van der Waals surface area contributed by atoms with Crippen LogP contribution in [0.1, 0.15) is 59.8 Å². The maximum Gasteiger partial charge on any atom is 0.326 e. The summed E-state index contributed by atoms with van der Waals surface area (Å²) in [6.07, 6.45) is 2.33. The first-order valence-electron chi connectivity index (χ1n) is 10.2. The van der Waals surface area contributed by atoms with Gasteiger partial charge in [0.05, 0.1) is 37.4 Å². The minimum Gasteiger partial charge on any atom is -0.480 e. The van der Waals surface area contributed by atoms with Crippen LogP contribution in [0, 0.1) is 0 Å². The molecule has 29 heavy (non-hydrogen) atoms. The number of ether oxygens (including phenoxy) is 3. The van der Waals surface area contributed by atoms with Crippen molar-refractivity contribution in [2.45, 2.75) is 77.0 Å². The molecular weight excluding hydrogens is 380 g/mol.